The predicted molar refractivity (Wildman–Crippen MR) is 98.1 cm³/mol. The molecule has 2 N–H and O–H groups in total. The summed E-state index contributed by atoms with van der Waals surface area (Å²) >= 11 is 0. The molecule has 0 unspecified atom stereocenters. The lowest BCUT2D eigenvalue weighted by Gasteiger charge is -2.09. The molecule has 122 valence electrons. The van der Waals surface area contributed by atoms with E-state index in [1.807, 2.05) is 42.5 Å². The van der Waals surface area contributed by atoms with Crippen LogP contribution in [0, 0.1) is 0 Å². The minimum atomic E-state index is -0.0393. The second-order valence-corrected chi connectivity index (χ2v) is 6.44. The van der Waals surface area contributed by atoms with Gasteiger partial charge in [0.1, 0.15) is 6.54 Å². The van der Waals surface area contributed by atoms with Crippen molar-refractivity contribution in [3.63, 3.8) is 0 Å². The topological polar surface area (TPSA) is 33.5 Å². The van der Waals surface area contributed by atoms with Crippen LogP contribution in [0.5, 0.6) is 0 Å². The number of carbonyl (C=O) groups is 1. The maximum Gasteiger partial charge on any atom is 0.251 e. The molecule has 0 aliphatic heterocycles. The molecule has 3 heteroatoms. The zero-order valence-electron chi connectivity index (χ0n) is 14.2. The lowest BCUT2D eigenvalue weighted by Crippen LogP contribution is -3.04. The van der Waals surface area contributed by atoms with Gasteiger partial charge in [-0.15, -0.1) is 0 Å². The molecular formula is C21H23N2O+. The minimum Gasteiger partial charge on any atom is -0.348 e. The lowest BCUT2D eigenvalue weighted by atomic mass is 10.1. The minimum absolute atomic E-state index is 0.0393. The van der Waals surface area contributed by atoms with Crippen molar-refractivity contribution >= 4 is 16.7 Å². The fraction of sp³-hybridized carbons (Fsp3) is 0.190. The molecule has 0 aliphatic rings. The van der Waals surface area contributed by atoms with Gasteiger partial charge in [0.15, 0.2) is 0 Å². The zero-order valence-corrected chi connectivity index (χ0v) is 14.2. The van der Waals surface area contributed by atoms with E-state index in [1.165, 1.54) is 10.5 Å². The van der Waals surface area contributed by atoms with Gasteiger partial charge in [-0.2, -0.15) is 0 Å². The number of carbonyl (C=O) groups excluding carboxylic acids is 1. The Morgan fingerprint density at radius 2 is 1.54 bits per heavy atom. The van der Waals surface area contributed by atoms with Crippen LogP contribution in [0.1, 0.15) is 21.5 Å². The van der Waals surface area contributed by atoms with Gasteiger partial charge in [-0.3, -0.25) is 4.79 Å². The third-order valence-electron chi connectivity index (χ3n) is 4.05. The van der Waals surface area contributed by atoms with Crippen molar-refractivity contribution in [3.05, 3.63) is 83.4 Å². The highest BCUT2D eigenvalue weighted by molar-refractivity contribution is 5.98. The van der Waals surface area contributed by atoms with E-state index in [2.05, 4.69) is 43.7 Å². The van der Waals surface area contributed by atoms with Gasteiger partial charge in [-0.05, 0) is 28.5 Å². The molecule has 0 radical (unpaired) electrons. The highest BCUT2D eigenvalue weighted by atomic mass is 16.1. The average molecular weight is 319 g/mol. The molecule has 0 saturated heterocycles. The van der Waals surface area contributed by atoms with Crippen LogP contribution in [0.2, 0.25) is 0 Å². The van der Waals surface area contributed by atoms with Crippen molar-refractivity contribution < 1.29 is 9.69 Å². The third-order valence-corrected chi connectivity index (χ3v) is 4.05. The maximum absolute atomic E-state index is 12.4. The number of rotatable bonds is 5. The number of fused-ring (bicyclic) bond motifs is 1. The van der Waals surface area contributed by atoms with E-state index in [4.69, 9.17) is 0 Å². The summed E-state index contributed by atoms with van der Waals surface area (Å²) < 4.78 is 0. The Balaban J connectivity index is 1.63. The Morgan fingerprint density at radius 3 is 2.25 bits per heavy atom. The van der Waals surface area contributed by atoms with Gasteiger partial charge in [0.05, 0.1) is 14.1 Å². The van der Waals surface area contributed by atoms with Crippen LogP contribution in [0.15, 0.2) is 66.7 Å². The molecule has 3 rings (SSSR count). The smallest absolute Gasteiger partial charge is 0.251 e. The number of quaternary nitrogens is 1. The Hall–Kier alpha value is -2.65. The number of hydrogen-bond donors (Lipinski definition) is 2. The molecule has 0 fully saturated rings. The van der Waals surface area contributed by atoms with Crippen molar-refractivity contribution in [2.45, 2.75) is 13.1 Å². The highest BCUT2D eigenvalue weighted by Crippen LogP contribution is 2.15. The Morgan fingerprint density at radius 1 is 0.875 bits per heavy atom. The molecule has 3 nitrogen and oxygen atoms in total. The van der Waals surface area contributed by atoms with Gasteiger partial charge in [0.2, 0.25) is 0 Å². The molecule has 0 atom stereocenters. The molecule has 0 heterocycles. The quantitative estimate of drug-likeness (QED) is 0.744. The van der Waals surface area contributed by atoms with Crippen molar-refractivity contribution in [2.24, 2.45) is 0 Å². The molecular weight excluding hydrogens is 296 g/mol. The predicted octanol–water partition coefficient (Wildman–Crippen LogP) is 2.41. The maximum atomic E-state index is 12.4. The summed E-state index contributed by atoms with van der Waals surface area (Å²) in [5, 5.41) is 5.23. The van der Waals surface area contributed by atoms with E-state index in [0.29, 0.717) is 12.1 Å². The van der Waals surface area contributed by atoms with Crippen LogP contribution < -0.4 is 10.2 Å². The fourth-order valence-electron chi connectivity index (χ4n) is 2.80. The second kappa shape index (κ2) is 7.28. The fourth-order valence-corrected chi connectivity index (χ4v) is 2.80. The van der Waals surface area contributed by atoms with Crippen LogP contribution in [0.3, 0.4) is 0 Å². The molecule has 3 aromatic rings. The Labute approximate surface area is 142 Å². The largest absolute Gasteiger partial charge is 0.348 e. The van der Waals surface area contributed by atoms with Gasteiger partial charge in [-0.1, -0.05) is 54.6 Å². The summed E-state index contributed by atoms with van der Waals surface area (Å²) in [4.78, 5) is 13.8. The summed E-state index contributed by atoms with van der Waals surface area (Å²) in [6.45, 7) is 1.55. The van der Waals surface area contributed by atoms with Crippen molar-refractivity contribution in [1.29, 1.82) is 0 Å². The Bertz CT molecular complexity index is 838. The summed E-state index contributed by atoms with van der Waals surface area (Å²) in [6.07, 6.45) is 0. The van der Waals surface area contributed by atoms with Crippen LogP contribution in [-0.2, 0) is 13.1 Å². The zero-order chi connectivity index (χ0) is 16.9. The first-order chi connectivity index (χ1) is 11.6. The van der Waals surface area contributed by atoms with Crippen LogP contribution in [-0.4, -0.2) is 20.0 Å². The molecule has 0 saturated carbocycles. The van der Waals surface area contributed by atoms with Gasteiger partial charge >= 0.3 is 0 Å². The summed E-state index contributed by atoms with van der Waals surface area (Å²) in [5.74, 6) is -0.0393. The SMILES string of the molecule is C[NH+](C)Cc1ccc(CNC(=O)c2ccc3ccccc3c2)cc1. The molecule has 1 amide bonds. The van der Waals surface area contributed by atoms with Gasteiger partial charge in [0.25, 0.3) is 5.91 Å². The van der Waals surface area contributed by atoms with Crippen molar-refractivity contribution in [2.75, 3.05) is 14.1 Å². The molecule has 0 spiro atoms. The van der Waals surface area contributed by atoms with Gasteiger partial charge in [-0.25, -0.2) is 0 Å². The van der Waals surface area contributed by atoms with E-state index >= 15 is 0 Å². The number of nitrogens with one attached hydrogen (secondary N) is 2. The summed E-state index contributed by atoms with van der Waals surface area (Å²) in [6, 6.07) is 22.3. The monoisotopic (exact) mass is 319 g/mol. The van der Waals surface area contributed by atoms with E-state index in [1.54, 1.807) is 0 Å². The first-order valence-corrected chi connectivity index (χ1v) is 8.26. The highest BCUT2D eigenvalue weighted by Gasteiger charge is 2.06. The number of benzene rings is 3. The number of hydrogen-bond acceptors (Lipinski definition) is 1. The van der Waals surface area contributed by atoms with Crippen LogP contribution in [0.4, 0.5) is 0 Å². The molecule has 0 aliphatic carbocycles. The standard InChI is InChI=1S/C21H22N2O/c1-23(2)15-17-9-7-16(8-10-17)14-22-21(24)20-12-11-18-5-3-4-6-19(18)13-20/h3-13H,14-15H2,1-2H3,(H,22,24)/p+1. The lowest BCUT2D eigenvalue weighted by molar-refractivity contribution is -0.872. The molecule has 24 heavy (non-hydrogen) atoms. The summed E-state index contributed by atoms with van der Waals surface area (Å²) in [7, 11) is 4.27. The molecule has 3 aromatic carbocycles. The van der Waals surface area contributed by atoms with Gasteiger partial charge in [0, 0.05) is 17.7 Å². The van der Waals surface area contributed by atoms with E-state index in [0.717, 1.165) is 22.9 Å². The third kappa shape index (κ3) is 4.00. The van der Waals surface area contributed by atoms with Crippen LogP contribution in [0.25, 0.3) is 10.8 Å². The van der Waals surface area contributed by atoms with E-state index < -0.39 is 0 Å². The average Bonchev–Trinajstić information content (AvgIpc) is 2.60. The first kappa shape index (κ1) is 16.2. The summed E-state index contributed by atoms with van der Waals surface area (Å²) in [5.41, 5.74) is 3.11. The van der Waals surface area contributed by atoms with Crippen molar-refractivity contribution in [1.82, 2.24) is 5.32 Å². The molecule has 0 aromatic heterocycles. The normalized spacial score (nSPS) is 11.0. The van der Waals surface area contributed by atoms with E-state index in [-0.39, 0.29) is 5.91 Å². The first-order valence-electron chi connectivity index (χ1n) is 8.26. The van der Waals surface area contributed by atoms with Crippen molar-refractivity contribution in [3.8, 4) is 0 Å². The number of amides is 1. The van der Waals surface area contributed by atoms with E-state index in [9.17, 15) is 4.79 Å². The second-order valence-electron chi connectivity index (χ2n) is 6.44. The van der Waals surface area contributed by atoms with Gasteiger partial charge < -0.3 is 10.2 Å². The van der Waals surface area contributed by atoms with Crippen LogP contribution >= 0.6 is 0 Å². The Kier molecular flexibility index (Phi) is 4.92. The molecule has 0 bridgehead atoms.